The number of hydrogen-bond acceptors (Lipinski definition) is 3. The summed E-state index contributed by atoms with van der Waals surface area (Å²) in [6.45, 7) is 15.4. The molecule has 0 saturated heterocycles. The number of imidazole rings is 1. The lowest BCUT2D eigenvalue weighted by molar-refractivity contribution is 0.446. The monoisotopic (exact) mass is 807 g/mol. The Bertz CT molecular complexity index is 3040. The van der Waals surface area contributed by atoms with E-state index >= 15 is 0 Å². The molecule has 1 atom stereocenters. The van der Waals surface area contributed by atoms with Crippen molar-refractivity contribution >= 4 is 11.0 Å². The van der Waals surface area contributed by atoms with E-state index in [1.54, 1.807) is 0 Å². The van der Waals surface area contributed by atoms with Crippen LogP contribution in [-0.4, -0.2) is 19.6 Å². The first-order valence-electron chi connectivity index (χ1n) is 21.6. The summed E-state index contributed by atoms with van der Waals surface area (Å²) in [7, 11) is 0. The van der Waals surface area contributed by atoms with Crippen LogP contribution in [0.2, 0.25) is 0 Å². The molecule has 0 aliphatic heterocycles. The molecule has 0 fully saturated rings. The molecule has 9 rings (SSSR count). The minimum atomic E-state index is -0.317. The second-order valence-corrected chi connectivity index (χ2v) is 18.5. The molecule has 9 aromatic rings. The second kappa shape index (κ2) is 16.1. The Morgan fingerprint density at radius 3 is 1.82 bits per heavy atom. The van der Waals surface area contributed by atoms with Gasteiger partial charge >= 0.3 is 0 Å². The summed E-state index contributed by atoms with van der Waals surface area (Å²) in [4.78, 5) is 10.6. The van der Waals surface area contributed by atoms with Crippen molar-refractivity contribution in [2.45, 2.75) is 65.2 Å². The van der Waals surface area contributed by atoms with E-state index < -0.39 is 0 Å². The van der Waals surface area contributed by atoms with E-state index in [0.29, 0.717) is 11.4 Å². The fourth-order valence-corrected chi connectivity index (χ4v) is 8.63. The third-order valence-electron chi connectivity index (χ3n) is 12.2. The standard InChI is InChI=1S/C58H53N3O/c1-38(39-20-11-8-12-21-39)43-32-44(34-45(33-43)51-35-42(30-31-59-51)40-22-13-9-14-23-40)48-27-19-29-53-54(48)60-56(49-36-46(57(2,3)4)37-50(55(49)62)58(5,6)7)61(53)52-28-18-17-26-47(52)41-24-15-10-16-25-41/h8-38,62H,1-7H3. The van der Waals surface area contributed by atoms with E-state index in [1.807, 2.05) is 12.3 Å². The van der Waals surface area contributed by atoms with Crippen LogP contribution in [0.15, 0.2) is 182 Å². The summed E-state index contributed by atoms with van der Waals surface area (Å²) in [5.41, 5.74) is 15.9. The number of nitrogens with zero attached hydrogens (tertiary/aromatic N) is 3. The summed E-state index contributed by atoms with van der Waals surface area (Å²) < 4.78 is 2.26. The number of rotatable bonds is 8. The van der Waals surface area contributed by atoms with Crippen molar-refractivity contribution in [1.82, 2.24) is 14.5 Å². The molecule has 0 aliphatic carbocycles. The molecule has 4 heteroatoms. The number of pyridine rings is 1. The van der Waals surface area contributed by atoms with Crippen LogP contribution in [-0.2, 0) is 10.8 Å². The van der Waals surface area contributed by atoms with Crippen LogP contribution in [0.5, 0.6) is 5.75 Å². The minimum Gasteiger partial charge on any atom is -0.507 e. The van der Waals surface area contributed by atoms with Crippen LogP contribution in [0.25, 0.3) is 72.7 Å². The highest BCUT2D eigenvalue weighted by atomic mass is 16.3. The van der Waals surface area contributed by atoms with Crippen LogP contribution >= 0.6 is 0 Å². The molecule has 7 aromatic carbocycles. The Kier molecular flexibility index (Phi) is 10.5. The number of aromatic hydroxyl groups is 1. The predicted molar refractivity (Wildman–Crippen MR) is 259 cm³/mol. The summed E-state index contributed by atoms with van der Waals surface area (Å²) >= 11 is 0. The normalized spacial score (nSPS) is 12.4. The van der Waals surface area contributed by atoms with Gasteiger partial charge < -0.3 is 5.11 Å². The molecule has 0 saturated carbocycles. The molecule has 0 aliphatic rings. The van der Waals surface area contributed by atoms with Gasteiger partial charge in [0.2, 0.25) is 0 Å². The van der Waals surface area contributed by atoms with E-state index in [2.05, 4.69) is 223 Å². The summed E-state index contributed by atoms with van der Waals surface area (Å²) in [5.74, 6) is 1.06. The zero-order valence-corrected chi connectivity index (χ0v) is 36.7. The maximum atomic E-state index is 12.4. The van der Waals surface area contributed by atoms with Gasteiger partial charge in [0, 0.05) is 34.4 Å². The first-order chi connectivity index (χ1) is 29.8. The molecule has 0 amide bonds. The lowest BCUT2D eigenvalue weighted by atomic mass is 9.79. The summed E-state index contributed by atoms with van der Waals surface area (Å²) in [6, 6.07) is 62.2. The van der Waals surface area contributed by atoms with Gasteiger partial charge in [-0.2, -0.15) is 0 Å². The number of para-hydroxylation sites is 2. The number of aromatic nitrogens is 3. The van der Waals surface area contributed by atoms with Crippen molar-refractivity contribution in [2.24, 2.45) is 0 Å². The smallest absolute Gasteiger partial charge is 0.149 e. The van der Waals surface area contributed by atoms with Crippen molar-refractivity contribution in [1.29, 1.82) is 0 Å². The van der Waals surface area contributed by atoms with Crippen LogP contribution in [0.3, 0.4) is 0 Å². The highest BCUT2D eigenvalue weighted by Gasteiger charge is 2.29. The van der Waals surface area contributed by atoms with Gasteiger partial charge in [-0.05, 0) is 92.2 Å². The van der Waals surface area contributed by atoms with Gasteiger partial charge in [0.15, 0.2) is 0 Å². The molecule has 1 unspecified atom stereocenters. The van der Waals surface area contributed by atoms with E-state index in [9.17, 15) is 5.11 Å². The number of hydrogen-bond donors (Lipinski definition) is 1. The maximum absolute atomic E-state index is 12.4. The van der Waals surface area contributed by atoms with Gasteiger partial charge in [-0.3, -0.25) is 9.55 Å². The summed E-state index contributed by atoms with van der Waals surface area (Å²) in [5, 5.41) is 12.4. The van der Waals surface area contributed by atoms with Crippen LogP contribution in [0.4, 0.5) is 0 Å². The van der Waals surface area contributed by atoms with Crippen molar-refractivity contribution < 1.29 is 5.11 Å². The van der Waals surface area contributed by atoms with Crippen molar-refractivity contribution in [3.05, 3.63) is 204 Å². The van der Waals surface area contributed by atoms with E-state index in [0.717, 1.165) is 72.5 Å². The molecule has 0 bridgehead atoms. The van der Waals surface area contributed by atoms with Gasteiger partial charge in [0.25, 0.3) is 0 Å². The van der Waals surface area contributed by atoms with Crippen molar-refractivity contribution in [3.63, 3.8) is 0 Å². The van der Waals surface area contributed by atoms with E-state index in [1.165, 1.54) is 11.1 Å². The van der Waals surface area contributed by atoms with Gasteiger partial charge in [-0.1, -0.05) is 182 Å². The van der Waals surface area contributed by atoms with Crippen molar-refractivity contribution in [3.8, 4) is 67.5 Å². The summed E-state index contributed by atoms with van der Waals surface area (Å²) in [6.07, 6.45) is 1.91. The Labute approximate surface area is 366 Å². The highest BCUT2D eigenvalue weighted by molar-refractivity contribution is 5.98. The first-order valence-corrected chi connectivity index (χ1v) is 21.6. The average molecular weight is 808 g/mol. The fourth-order valence-electron chi connectivity index (χ4n) is 8.63. The Balaban J connectivity index is 1.34. The van der Waals surface area contributed by atoms with E-state index in [4.69, 9.17) is 9.97 Å². The Hall–Kier alpha value is -7.04. The molecule has 2 heterocycles. The maximum Gasteiger partial charge on any atom is 0.149 e. The number of fused-ring (bicyclic) bond motifs is 1. The average Bonchev–Trinajstić information content (AvgIpc) is 3.68. The Morgan fingerprint density at radius 2 is 1.13 bits per heavy atom. The SMILES string of the molecule is CC(c1ccccc1)c1cc(-c2cc(-c3ccccc3)ccn2)cc(-c2cccc3c2nc(-c2cc(C(C)(C)C)cc(C(C)(C)C)c2O)n3-c2ccccc2-c2ccccc2)c1. The predicted octanol–water partition coefficient (Wildman–Crippen LogP) is 15.2. The lowest BCUT2D eigenvalue weighted by Gasteiger charge is -2.27. The zero-order valence-electron chi connectivity index (χ0n) is 36.7. The third-order valence-corrected chi connectivity index (χ3v) is 12.2. The largest absolute Gasteiger partial charge is 0.507 e. The zero-order chi connectivity index (χ0) is 43.2. The quantitative estimate of drug-likeness (QED) is 0.166. The van der Waals surface area contributed by atoms with E-state index in [-0.39, 0.29) is 22.5 Å². The van der Waals surface area contributed by atoms with Crippen LogP contribution in [0, 0.1) is 0 Å². The molecule has 0 radical (unpaired) electrons. The fraction of sp³-hybridized carbons (Fsp3) is 0.172. The molecule has 4 nitrogen and oxygen atoms in total. The molecular weight excluding hydrogens is 755 g/mol. The number of benzene rings is 7. The molecule has 62 heavy (non-hydrogen) atoms. The second-order valence-electron chi connectivity index (χ2n) is 18.5. The minimum absolute atomic E-state index is 0.116. The molecule has 2 aromatic heterocycles. The van der Waals surface area contributed by atoms with Gasteiger partial charge in [-0.25, -0.2) is 4.98 Å². The highest BCUT2D eigenvalue weighted by Crippen LogP contribution is 2.46. The van der Waals surface area contributed by atoms with Crippen molar-refractivity contribution in [2.75, 3.05) is 0 Å². The van der Waals surface area contributed by atoms with Gasteiger partial charge in [0.05, 0.1) is 28.0 Å². The number of phenolic OH excluding ortho intramolecular Hbond substituents is 1. The molecular formula is C58H53N3O. The van der Waals surface area contributed by atoms with Crippen LogP contribution < -0.4 is 0 Å². The van der Waals surface area contributed by atoms with Gasteiger partial charge in [-0.15, -0.1) is 0 Å². The first kappa shape index (κ1) is 40.4. The topological polar surface area (TPSA) is 50.9 Å². The lowest BCUT2D eigenvalue weighted by Crippen LogP contribution is -2.17. The van der Waals surface area contributed by atoms with Crippen LogP contribution in [0.1, 0.15) is 76.6 Å². The van der Waals surface area contributed by atoms with Gasteiger partial charge in [0.1, 0.15) is 11.6 Å². The molecule has 0 spiro atoms. The number of phenols is 1. The molecule has 306 valence electrons. The Morgan fingerprint density at radius 1 is 0.500 bits per heavy atom. The molecule has 1 N–H and O–H groups in total. The third kappa shape index (κ3) is 7.74.